The topological polar surface area (TPSA) is 78.4 Å². The molecule has 0 aromatic heterocycles. The van der Waals surface area contributed by atoms with Crippen molar-refractivity contribution in [3.8, 4) is 5.75 Å². The van der Waals surface area contributed by atoms with Gasteiger partial charge in [0.1, 0.15) is 0 Å². The van der Waals surface area contributed by atoms with Crippen LogP contribution in [0.2, 0.25) is 0 Å². The summed E-state index contributed by atoms with van der Waals surface area (Å²) in [6.07, 6.45) is -5.04. The second kappa shape index (κ2) is 3.83. The molecule has 0 heterocycles. The van der Waals surface area contributed by atoms with Crippen molar-refractivity contribution in [1.29, 1.82) is 0 Å². The zero-order valence-electron chi connectivity index (χ0n) is 7.42. The summed E-state index contributed by atoms with van der Waals surface area (Å²) in [5, 5.41) is 10.2. The molecule has 0 amide bonds. The van der Waals surface area contributed by atoms with Crippen LogP contribution >= 0.6 is 0 Å². The van der Waals surface area contributed by atoms with Crippen molar-refractivity contribution in [2.75, 3.05) is 5.73 Å². The highest BCUT2D eigenvalue weighted by atomic mass is 19.4. The van der Waals surface area contributed by atoms with Crippen LogP contribution in [0.5, 0.6) is 5.75 Å². The fraction of sp³-hybridized carbons (Fsp3) is 0.143. The SMILES string of the molecule is Nc1cc([N+](=O)[O-])c(F)cc1OC(F)(F)F. The zero-order valence-corrected chi connectivity index (χ0v) is 7.42. The highest BCUT2D eigenvalue weighted by Gasteiger charge is 2.33. The summed E-state index contributed by atoms with van der Waals surface area (Å²) in [6.45, 7) is 0. The van der Waals surface area contributed by atoms with Gasteiger partial charge in [-0.05, 0) is 0 Å². The summed E-state index contributed by atoms with van der Waals surface area (Å²) in [5.41, 5.74) is 3.34. The van der Waals surface area contributed by atoms with Gasteiger partial charge in [0.25, 0.3) is 0 Å². The molecule has 0 atom stereocenters. The van der Waals surface area contributed by atoms with Gasteiger partial charge >= 0.3 is 12.0 Å². The number of nitro groups is 1. The Morgan fingerprint density at radius 3 is 2.38 bits per heavy atom. The van der Waals surface area contributed by atoms with E-state index in [1.807, 2.05) is 0 Å². The lowest BCUT2D eigenvalue weighted by atomic mass is 10.2. The Balaban J connectivity index is 3.16. The van der Waals surface area contributed by atoms with Crippen LogP contribution in [0.15, 0.2) is 12.1 Å². The minimum atomic E-state index is -5.04. The van der Waals surface area contributed by atoms with Crippen molar-refractivity contribution in [1.82, 2.24) is 0 Å². The first-order valence-electron chi connectivity index (χ1n) is 3.70. The smallest absolute Gasteiger partial charge is 0.403 e. The summed E-state index contributed by atoms with van der Waals surface area (Å²) >= 11 is 0. The zero-order chi connectivity index (χ0) is 12.5. The van der Waals surface area contributed by atoms with Gasteiger partial charge in [0.2, 0.25) is 5.82 Å². The number of nitrogen functional groups attached to an aromatic ring is 1. The third-order valence-corrected chi connectivity index (χ3v) is 1.50. The molecule has 0 saturated carbocycles. The Morgan fingerprint density at radius 2 is 1.94 bits per heavy atom. The Kier molecular flexibility index (Phi) is 2.88. The molecule has 0 unspecified atom stereocenters. The largest absolute Gasteiger partial charge is 0.573 e. The molecule has 1 rings (SSSR count). The first-order chi connectivity index (χ1) is 7.20. The number of hydrogen-bond donors (Lipinski definition) is 1. The van der Waals surface area contributed by atoms with Crippen molar-refractivity contribution >= 4 is 11.4 Å². The number of alkyl halides is 3. The average molecular weight is 240 g/mol. The molecular weight excluding hydrogens is 236 g/mol. The minimum Gasteiger partial charge on any atom is -0.403 e. The van der Waals surface area contributed by atoms with Crippen molar-refractivity contribution in [2.24, 2.45) is 0 Å². The third kappa shape index (κ3) is 2.72. The van der Waals surface area contributed by atoms with Gasteiger partial charge in [-0.3, -0.25) is 10.1 Å². The fourth-order valence-electron chi connectivity index (χ4n) is 0.913. The number of rotatable bonds is 2. The van der Waals surface area contributed by atoms with Crippen molar-refractivity contribution in [3.05, 3.63) is 28.1 Å². The molecule has 0 saturated heterocycles. The van der Waals surface area contributed by atoms with E-state index in [9.17, 15) is 27.7 Å². The van der Waals surface area contributed by atoms with Gasteiger partial charge in [0, 0.05) is 12.1 Å². The third-order valence-electron chi connectivity index (χ3n) is 1.50. The quantitative estimate of drug-likeness (QED) is 0.372. The summed E-state index contributed by atoms with van der Waals surface area (Å²) in [4.78, 5) is 9.11. The van der Waals surface area contributed by atoms with E-state index in [4.69, 9.17) is 5.73 Å². The maximum atomic E-state index is 12.9. The van der Waals surface area contributed by atoms with Gasteiger partial charge in [-0.25, -0.2) is 0 Å². The van der Waals surface area contributed by atoms with Crippen molar-refractivity contribution in [3.63, 3.8) is 0 Å². The van der Waals surface area contributed by atoms with Crippen molar-refractivity contribution < 1.29 is 27.2 Å². The second-order valence-electron chi connectivity index (χ2n) is 2.65. The van der Waals surface area contributed by atoms with E-state index in [0.717, 1.165) is 0 Å². The molecule has 0 aliphatic heterocycles. The van der Waals surface area contributed by atoms with E-state index in [2.05, 4.69) is 4.74 Å². The molecule has 16 heavy (non-hydrogen) atoms. The van der Waals surface area contributed by atoms with Gasteiger partial charge < -0.3 is 10.5 Å². The molecule has 0 radical (unpaired) electrons. The van der Waals surface area contributed by atoms with E-state index >= 15 is 0 Å². The van der Waals surface area contributed by atoms with Crippen LogP contribution in [0.1, 0.15) is 0 Å². The van der Waals surface area contributed by atoms with Gasteiger partial charge in [0.05, 0.1) is 10.6 Å². The lowest BCUT2D eigenvalue weighted by molar-refractivity contribution is -0.387. The molecule has 0 aliphatic rings. The molecular formula is C7H4F4N2O3. The molecule has 0 aliphatic carbocycles. The lowest BCUT2D eigenvalue weighted by Gasteiger charge is -2.10. The van der Waals surface area contributed by atoms with Gasteiger partial charge in [-0.1, -0.05) is 0 Å². The standard InChI is InChI=1S/C7H4F4N2O3/c8-3-1-6(16-7(9,10)11)4(12)2-5(3)13(14)15/h1-2H,12H2. The maximum absolute atomic E-state index is 12.9. The first-order valence-corrected chi connectivity index (χ1v) is 3.70. The van der Waals surface area contributed by atoms with E-state index in [1.165, 1.54) is 0 Å². The number of halogens is 4. The number of nitro benzene ring substituents is 1. The van der Waals surface area contributed by atoms with Crippen LogP contribution in [0.3, 0.4) is 0 Å². The Bertz CT molecular complexity index is 432. The number of nitrogens with zero attached hydrogens (tertiary/aromatic N) is 1. The molecule has 0 spiro atoms. The lowest BCUT2D eigenvalue weighted by Crippen LogP contribution is -2.18. The van der Waals surface area contributed by atoms with Crippen LogP contribution < -0.4 is 10.5 Å². The molecule has 2 N–H and O–H groups in total. The number of hydrogen-bond acceptors (Lipinski definition) is 4. The number of benzene rings is 1. The maximum Gasteiger partial charge on any atom is 0.573 e. The van der Waals surface area contributed by atoms with Crippen molar-refractivity contribution in [2.45, 2.75) is 6.36 Å². The molecule has 88 valence electrons. The highest BCUT2D eigenvalue weighted by Crippen LogP contribution is 2.33. The molecule has 1 aromatic rings. The van der Waals surface area contributed by atoms with Gasteiger partial charge in [-0.15, -0.1) is 13.2 Å². The second-order valence-corrected chi connectivity index (χ2v) is 2.65. The van der Waals surface area contributed by atoms with E-state index in [-0.39, 0.29) is 6.07 Å². The van der Waals surface area contributed by atoms with Gasteiger partial charge in [0.15, 0.2) is 5.75 Å². The molecule has 5 nitrogen and oxygen atoms in total. The molecule has 1 aromatic carbocycles. The molecule has 0 bridgehead atoms. The van der Waals surface area contributed by atoms with Crippen LogP contribution in [0.25, 0.3) is 0 Å². The first kappa shape index (κ1) is 12.0. The van der Waals surface area contributed by atoms with E-state index < -0.39 is 34.2 Å². The predicted octanol–water partition coefficient (Wildman–Crippen LogP) is 2.21. The average Bonchev–Trinajstić information content (AvgIpc) is 2.07. The highest BCUT2D eigenvalue weighted by molar-refractivity contribution is 5.59. The number of ether oxygens (including phenoxy) is 1. The Hall–Kier alpha value is -2.06. The van der Waals surface area contributed by atoms with E-state index in [1.54, 1.807) is 0 Å². The monoisotopic (exact) mass is 240 g/mol. The van der Waals surface area contributed by atoms with E-state index in [0.29, 0.717) is 6.07 Å². The molecule has 9 heteroatoms. The van der Waals surface area contributed by atoms with Gasteiger partial charge in [-0.2, -0.15) is 4.39 Å². The number of nitrogens with two attached hydrogens (primary N) is 1. The summed E-state index contributed by atoms with van der Waals surface area (Å²) in [6, 6.07) is 0.664. The predicted molar refractivity (Wildman–Crippen MR) is 44.1 cm³/mol. The summed E-state index contributed by atoms with van der Waals surface area (Å²) < 4.78 is 51.6. The fourth-order valence-corrected chi connectivity index (χ4v) is 0.913. The summed E-state index contributed by atoms with van der Waals surface area (Å²) in [5.74, 6) is -2.48. The van der Waals surface area contributed by atoms with Crippen LogP contribution in [0.4, 0.5) is 28.9 Å². The van der Waals surface area contributed by atoms with Crippen LogP contribution in [0, 0.1) is 15.9 Å². The summed E-state index contributed by atoms with van der Waals surface area (Å²) in [7, 11) is 0. The van der Waals surface area contributed by atoms with Crippen LogP contribution in [-0.4, -0.2) is 11.3 Å². The number of anilines is 1. The minimum absolute atomic E-state index is 0.209. The Labute approximate surface area is 85.6 Å². The molecule has 0 fully saturated rings. The van der Waals surface area contributed by atoms with Crippen LogP contribution in [-0.2, 0) is 0 Å². The normalized spacial score (nSPS) is 11.2. The Morgan fingerprint density at radius 1 is 1.38 bits per heavy atom.